The number of thiophene rings is 1. The normalized spacial score (nSPS) is 12.1. The van der Waals surface area contributed by atoms with Gasteiger partial charge in [0.1, 0.15) is 11.2 Å². The summed E-state index contributed by atoms with van der Waals surface area (Å²) in [5.74, 6) is 1.80. The quantitative estimate of drug-likeness (QED) is 0.179. The van der Waals surface area contributed by atoms with Gasteiger partial charge in [-0.05, 0) is 88.3 Å². The van der Waals surface area contributed by atoms with Crippen LogP contribution in [0.2, 0.25) is 0 Å². The second-order valence-electron chi connectivity index (χ2n) is 15.2. The summed E-state index contributed by atoms with van der Waals surface area (Å²) in [4.78, 5) is 15.8. The van der Waals surface area contributed by atoms with Gasteiger partial charge in [0, 0.05) is 53.0 Å². The van der Waals surface area contributed by atoms with Crippen molar-refractivity contribution in [3.05, 3.63) is 182 Å². The Morgan fingerprint density at radius 3 is 1.81 bits per heavy atom. The van der Waals surface area contributed by atoms with Gasteiger partial charge in [-0.1, -0.05) is 115 Å². The molecule has 13 rings (SSSR count). The molecule has 0 aliphatic heterocycles. The van der Waals surface area contributed by atoms with Crippen LogP contribution in [0.5, 0.6) is 0 Å². The van der Waals surface area contributed by atoms with Crippen LogP contribution >= 0.6 is 11.3 Å². The lowest BCUT2D eigenvalue weighted by molar-refractivity contribution is 0.669. The average molecular weight is 771 g/mol. The lowest BCUT2D eigenvalue weighted by Crippen LogP contribution is -2.01. The van der Waals surface area contributed by atoms with Crippen LogP contribution in [-0.2, 0) is 0 Å². The van der Waals surface area contributed by atoms with Gasteiger partial charge in [0.05, 0.1) is 22.1 Å². The molecule has 0 saturated carbocycles. The molecule has 0 amide bonds. The average Bonchev–Trinajstić information content (AvgIpc) is 3.96. The lowest BCUT2D eigenvalue weighted by Gasteiger charge is -2.13. The number of hydrogen-bond acceptors (Lipinski definition) is 5. The van der Waals surface area contributed by atoms with Crippen molar-refractivity contribution in [3.63, 3.8) is 0 Å². The molecule has 0 bridgehead atoms. The molecule has 0 atom stereocenters. The third-order valence-electron chi connectivity index (χ3n) is 11.8. The molecule has 274 valence electrons. The molecule has 9 aromatic carbocycles. The van der Waals surface area contributed by atoms with E-state index in [1.54, 1.807) is 11.3 Å². The number of rotatable bonds is 4. The highest BCUT2D eigenvalue weighted by molar-refractivity contribution is 7.25. The molecule has 13 aromatic rings. The summed E-state index contributed by atoms with van der Waals surface area (Å²) in [6.45, 7) is 0. The van der Waals surface area contributed by atoms with Gasteiger partial charge in [0.2, 0.25) is 0 Å². The van der Waals surface area contributed by atoms with Crippen molar-refractivity contribution in [1.29, 1.82) is 0 Å². The molecule has 0 aliphatic carbocycles. The Bertz CT molecular complexity index is 3870. The smallest absolute Gasteiger partial charge is 0.164 e. The van der Waals surface area contributed by atoms with Crippen molar-refractivity contribution in [3.8, 4) is 39.9 Å². The van der Waals surface area contributed by atoms with Crippen molar-refractivity contribution in [2.24, 2.45) is 0 Å². The predicted octanol–water partition coefficient (Wildman–Crippen LogP) is 14.5. The first-order valence-electron chi connectivity index (χ1n) is 19.8. The number of fused-ring (bicyclic) bond motifs is 11. The molecule has 6 heteroatoms. The van der Waals surface area contributed by atoms with Gasteiger partial charge in [-0.2, -0.15) is 0 Å². The molecule has 0 fully saturated rings. The molecule has 0 aliphatic rings. The zero-order valence-corrected chi connectivity index (χ0v) is 32.2. The minimum atomic E-state index is 0.572. The molecular weight excluding hydrogens is 741 g/mol. The molecule has 5 nitrogen and oxygen atoms in total. The summed E-state index contributed by atoms with van der Waals surface area (Å²) in [5, 5.41) is 11.6. The van der Waals surface area contributed by atoms with Crippen LogP contribution in [-0.4, -0.2) is 19.5 Å². The number of furan rings is 1. The Kier molecular flexibility index (Phi) is 6.82. The molecule has 59 heavy (non-hydrogen) atoms. The summed E-state index contributed by atoms with van der Waals surface area (Å²) in [6.07, 6.45) is 0. The highest BCUT2D eigenvalue weighted by Crippen LogP contribution is 2.42. The number of aromatic nitrogens is 4. The molecule has 0 spiro atoms. The maximum absolute atomic E-state index is 6.72. The number of benzene rings is 9. The number of para-hydroxylation sites is 2. The largest absolute Gasteiger partial charge is 0.456 e. The standard InChI is InChI=1S/C53H30N4OS/c1-2-12-32-25-35(22-21-31(32)11-1)51-54-52(36-23-24-49-42(27-36)39-16-7-10-20-48(39)59-49)56-53(55-51)37-29-45(50-40-17-6-9-19-46(40)58-47(50)30-37)57-43-18-8-5-15-38(43)41-26-33-13-3-4-14-34(33)28-44(41)57/h1-30H. The molecule has 0 unspecified atom stereocenters. The fourth-order valence-electron chi connectivity index (χ4n) is 9.01. The Morgan fingerprint density at radius 2 is 0.983 bits per heavy atom. The van der Waals surface area contributed by atoms with E-state index < -0.39 is 0 Å². The van der Waals surface area contributed by atoms with E-state index in [4.69, 9.17) is 19.4 Å². The van der Waals surface area contributed by atoms with Crippen LogP contribution in [0.1, 0.15) is 0 Å². The second-order valence-corrected chi connectivity index (χ2v) is 16.3. The second kappa shape index (κ2) is 12.4. The minimum Gasteiger partial charge on any atom is -0.456 e. The third kappa shape index (κ3) is 5.00. The Morgan fingerprint density at radius 1 is 0.373 bits per heavy atom. The van der Waals surface area contributed by atoms with Gasteiger partial charge < -0.3 is 8.98 Å². The van der Waals surface area contributed by atoms with Gasteiger partial charge in [-0.3, -0.25) is 0 Å². The van der Waals surface area contributed by atoms with E-state index in [0.29, 0.717) is 17.5 Å². The van der Waals surface area contributed by atoms with Crippen LogP contribution < -0.4 is 0 Å². The first-order chi connectivity index (χ1) is 29.2. The van der Waals surface area contributed by atoms with Crippen LogP contribution in [0.3, 0.4) is 0 Å². The van der Waals surface area contributed by atoms with E-state index in [2.05, 4.69) is 174 Å². The molecular formula is C53H30N4OS. The summed E-state index contributed by atoms with van der Waals surface area (Å²) < 4.78 is 11.6. The van der Waals surface area contributed by atoms with Crippen molar-refractivity contribution in [2.45, 2.75) is 0 Å². The van der Waals surface area contributed by atoms with Crippen LogP contribution in [0.4, 0.5) is 0 Å². The fourth-order valence-corrected chi connectivity index (χ4v) is 10.1. The van der Waals surface area contributed by atoms with E-state index in [1.165, 1.54) is 47.1 Å². The first kappa shape index (κ1) is 32.4. The van der Waals surface area contributed by atoms with E-state index >= 15 is 0 Å². The van der Waals surface area contributed by atoms with Crippen molar-refractivity contribution < 1.29 is 4.42 Å². The monoisotopic (exact) mass is 770 g/mol. The Hall–Kier alpha value is -7.67. The fraction of sp³-hybridized carbons (Fsp3) is 0. The number of hydrogen-bond donors (Lipinski definition) is 0. The molecule has 4 aromatic heterocycles. The third-order valence-corrected chi connectivity index (χ3v) is 12.9. The summed E-state index contributed by atoms with van der Waals surface area (Å²) in [7, 11) is 0. The molecule has 4 heterocycles. The summed E-state index contributed by atoms with van der Waals surface area (Å²) in [6, 6.07) is 64.5. The Balaban J connectivity index is 1.11. The lowest BCUT2D eigenvalue weighted by atomic mass is 10.0. The zero-order chi connectivity index (χ0) is 38.6. The molecule has 0 N–H and O–H groups in total. The SMILES string of the molecule is c1ccc2cc(-c3nc(-c4cc(-n5c6ccccc6c6cc7ccccc7cc65)c5c(c4)oc4ccccc45)nc(-c4ccc5sc6ccccc6c5c4)n3)ccc2c1. The zero-order valence-electron chi connectivity index (χ0n) is 31.4. The topological polar surface area (TPSA) is 56.7 Å². The highest BCUT2D eigenvalue weighted by atomic mass is 32.1. The highest BCUT2D eigenvalue weighted by Gasteiger charge is 2.22. The van der Waals surface area contributed by atoms with Gasteiger partial charge >= 0.3 is 0 Å². The van der Waals surface area contributed by atoms with Gasteiger partial charge in [-0.15, -0.1) is 11.3 Å². The minimum absolute atomic E-state index is 0.572. The summed E-state index contributed by atoms with van der Waals surface area (Å²) in [5.41, 5.74) is 7.54. The van der Waals surface area contributed by atoms with Crippen molar-refractivity contribution >= 4 is 96.8 Å². The first-order valence-corrected chi connectivity index (χ1v) is 20.6. The maximum atomic E-state index is 6.72. The molecule has 0 radical (unpaired) electrons. The summed E-state index contributed by atoms with van der Waals surface area (Å²) >= 11 is 1.81. The van der Waals surface area contributed by atoms with Gasteiger partial charge in [-0.25, -0.2) is 15.0 Å². The van der Waals surface area contributed by atoms with E-state index in [-0.39, 0.29) is 0 Å². The van der Waals surface area contributed by atoms with Crippen LogP contribution in [0.15, 0.2) is 186 Å². The maximum Gasteiger partial charge on any atom is 0.164 e. The van der Waals surface area contributed by atoms with E-state index in [0.717, 1.165) is 60.7 Å². The van der Waals surface area contributed by atoms with Crippen LogP contribution in [0.25, 0.3) is 125 Å². The van der Waals surface area contributed by atoms with Crippen molar-refractivity contribution in [2.75, 3.05) is 0 Å². The molecule has 0 saturated heterocycles. The van der Waals surface area contributed by atoms with Gasteiger partial charge in [0.25, 0.3) is 0 Å². The van der Waals surface area contributed by atoms with E-state index in [9.17, 15) is 0 Å². The number of nitrogens with zero attached hydrogens (tertiary/aromatic N) is 4. The predicted molar refractivity (Wildman–Crippen MR) is 246 cm³/mol. The Labute approximate surface area is 341 Å². The van der Waals surface area contributed by atoms with Crippen molar-refractivity contribution in [1.82, 2.24) is 19.5 Å². The van der Waals surface area contributed by atoms with Gasteiger partial charge in [0.15, 0.2) is 17.5 Å². The van der Waals surface area contributed by atoms with Crippen LogP contribution in [0, 0.1) is 0 Å². The van der Waals surface area contributed by atoms with E-state index in [1.807, 2.05) is 12.1 Å².